The van der Waals surface area contributed by atoms with Gasteiger partial charge in [0.2, 0.25) is 0 Å². The Bertz CT molecular complexity index is 962. The molecule has 1 aromatic carbocycles. The summed E-state index contributed by atoms with van der Waals surface area (Å²) in [6.45, 7) is 0. The van der Waals surface area contributed by atoms with Crippen molar-refractivity contribution in [2.75, 3.05) is 14.1 Å². The molecule has 1 atom stereocenters. The molecule has 5 nitrogen and oxygen atoms in total. The van der Waals surface area contributed by atoms with Gasteiger partial charge in [-0.15, -0.1) is 23.7 Å². The summed E-state index contributed by atoms with van der Waals surface area (Å²) in [5, 5.41) is 16.5. The average Bonchev–Trinajstić information content (AvgIpc) is 3.39. The van der Waals surface area contributed by atoms with Crippen LogP contribution in [0.25, 0.3) is 10.9 Å². The molecule has 0 unspecified atom stereocenters. The molecule has 0 radical (unpaired) electrons. The standard InChI is InChI=1S/C23H29N3O2S.ClH/c1-26(2)23(21-8-5-13-29-21)11-9-17(10-12-23)25-20(22(27)28)14-16-15-24-19-7-4-3-6-18(16)19;/h3-8,13,15,17,20,24-25H,9-12,14H2,1-2H3,(H,27,28);1H/t17?,20-,23?;/m0./s1. The van der Waals surface area contributed by atoms with Crippen LogP contribution < -0.4 is 5.32 Å². The molecule has 1 saturated carbocycles. The molecular formula is C23H30ClN3O2S. The number of nitrogens with one attached hydrogen (secondary N) is 2. The minimum atomic E-state index is -0.780. The third kappa shape index (κ3) is 4.42. The molecule has 3 aromatic rings. The highest BCUT2D eigenvalue weighted by Crippen LogP contribution is 2.43. The van der Waals surface area contributed by atoms with E-state index >= 15 is 0 Å². The molecular weight excluding hydrogens is 418 g/mol. The van der Waals surface area contributed by atoms with E-state index in [1.165, 1.54) is 4.88 Å². The molecule has 2 heterocycles. The van der Waals surface area contributed by atoms with Crippen molar-refractivity contribution >= 4 is 40.6 Å². The predicted octanol–water partition coefficient (Wildman–Crippen LogP) is 4.64. The number of fused-ring (bicyclic) bond motifs is 1. The maximum atomic E-state index is 12.0. The number of carboxylic acids is 1. The Morgan fingerprint density at radius 2 is 2.00 bits per heavy atom. The topological polar surface area (TPSA) is 68.4 Å². The molecule has 7 heteroatoms. The average molecular weight is 448 g/mol. The van der Waals surface area contributed by atoms with Crippen LogP contribution in [0.15, 0.2) is 48.0 Å². The van der Waals surface area contributed by atoms with E-state index in [1.54, 1.807) is 0 Å². The number of hydrogen-bond acceptors (Lipinski definition) is 4. The molecule has 0 bridgehead atoms. The van der Waals surface area contributed by atoms with Crippen LogP contribution in [0.1, 0.15) is 36.1 Å². The summed E-state index contributed by atoms with van der Waals surface area (Å²) in [6.07, 6.45) is 6.47. The Balaban J connectivity index is 0.00000256. The third-order valence-corrected chi connectivity index (χ3v) is 7.55. The number of nitrogens with zero attached hydrogens (tertiary/aromatic N) is 1. The number of aromatic amines is 1. The number of aromatic nitrogens is 1. The molecule has 0 amide bonds. The molecule has 162 valence electrons. The fourth-order valence-electron chi connectivity index (χ4n) is 4.74. The van der Waals surface area contributed by atoms with Crippen molar-refractivity contribution in [1.82, 2.24) is 15.2 Å². The summed E-state index contributed by atoms with van der Waals surface area (Å²) in [6, 6.07) is 12.1. The van der Waals surface area contributed by atoms with Crippen molar-refractivity contribution < 1.29 is 9.90 Å². The lowest BCUT2D eigenvalue weighted by Gasteiger charge is -2.45. The van der Waals surface area contributed by atoms with Gasteiger partial charge in [0, 0.05) is 34.4 Å². The highest BCUT2D eigenvalue weighted by Gasteiger charge is 2.40. The number of para-hydroxylation sites is 1. The number of carbonyl (C=O) groups is 1. The van der Waals surface area contributed by atoms with E-state index in [0.717, 1.165) is 42.1 Å². The maximum absolute atomic E-state index is 12.0. The van der Waals surface area contributed by atoms with Gasteiger partial charge < -0.3 is 15.4 Å². The van der Waals surface area contributed by atoms with Gasteiger partial charge in [-0.25, -0.2) is 0 Å². The van der Waals surface area contributed by atoms with Crippen LogP contribution in [0, 0.1) is 0 Å². The van der Waals surface area contributed by atoms with Gasteiger partial charge in [0.15, 0.2) is 0 Å². The zero-order valence-corrected chi connectivity index (χ0v) is 19.1. The Morgan fingerprint density at radius 3 is 2.63 bits per heavy atom. The van der Waals surface area contributed by atoms with Gasteiger partial charge in [-0.05, 0) is 62.9 Å². The van der Waals surface area contributed by atoms with Crippen molar-refractivity contribution in [2.45, 2.75) is 49.7 Å². The van der Waals surface area contributed by atoms with Gasteiger partial charge in [0.05, 0.1) is 5.54 Å². The van der Waals surface area contributed by atoms with Gasteiger partial charge in [0.25, 0.3) is 0 Å². The first-order valence-electron chi connectivity index (χ1n) is 10.2. The summed E-state index contributed by atoms with van der Waals surface area (Å²) in [5.74, 6) is -0.780. The number of carboxylic acid groups (broad SMARTS) is 1. The fraction of sp³-hybridized carbons (Fsp3) is 0.435. The highest BCUT2D eigenvalue weighted by atomic mass is 35.5. The predicted molar refractivity (Wildman–Crippen MR) is 126 cm³/mol. The van der Waals surface area contributed by atoms with Crippen LogP contribution in [-0.4, -0.2) is 47.1 Å². The second kappa shape index (κ2) is 9.52. The molecule has 1 aliphatic carbocycles. The SMILES string of the molecule is CN(C)C1(c2cccs2)CCC(N[C@@H](Cc2c[nH]c3ccccc23)C(=O)O)CC1.Cl. The number of aliphatic carboxylic acids is 1. The smallest absolute Gasteiger partial charge is 0.321 e. The summed E-state index contributed by atoms with van der Waals surface area (Å²) in [5.41, 5.74) is 2.18. The maximum Gasteiger partial charge on any atom is 0.321 e. The number of rotatable bonds is 7. The second-order valence-electron chi connectivity index (χ2n) is 8.30. The first-order valence-corrected chi connectivity index (χ1v) is 11.1. The van der Waals surface area contributed by atoms with E-state index in [4.69, 9.17) is 0 Å². The van der Waals surface area contributed by atoms with E-state index in [1.807, 2.05) is 41.8 Å². The minimum Gasteiger partial charge on any atom is -0.480 e. The molecule has 2 aromatic heterocycles. The van der Waals surface area contributed by atoms with Crippen molar-refractivity contribution in [1.29, 1.82) is 0 Å². The van der Waals surface area contributed by atoms with Crippen LogP contribution in [0.2, 0.25) is 0 Å². The third-order valence-electron chi connectivity index (χ3n) is 6.48. The largest absolute Gasteiger partial charge is 0.480 e. The monoisotopic (exact) mass is 447 g/mol. The normalized spacial score (nSPS) is 22.7. The van der Waals surface area contributed by atoms with Crippen molar-refractivity contribution in [2.24, 2.45) is 0 Å². The molecule has 1 fully saturated rings. The van der Waals surface area contributed by atoms with E-state index in [9.17, 15) is 9.90 Å². The summed E-state index contributed by atoms with van der Waals surface area (Å²) in [7, 11) is 4.31. The quantitative estimate of drug-likeness (QED) is 0.493. The summed E-state index contributed by atoms with van der Waals surface area (Å²) in [4.78, 5) is 19.0. The lowest BCUT2D eigenvalue weighted by atomic mass is 9.77. The van der Waals surface area contributed by atoms with E-state index < -0.39 is 12.0 Å². The van der Waals surface area contributed by atoms with Gasteiger partial charge in [-0.3, -0.25) is 9.69 Å². The van der Waals surface area contributed by atoms with Crippen LogP contribution in [0.5, 0.6) is 0 Å². The van der Waals surface area contributed by atoms with Crippen molar-refractivity contribution in [3.8, 4) is 0 Å². The second-order valence-corrected chi connectivity index (χ2v) is 9.25. The summed E-state index contributed by atoms with van der Waals surface area (Å²) < 4.78 is 0. The van der Waals surface area contributed by atoms with Gasteiger partial charge in [-0.1, -0.05) is 24.3 Å². The molecule has 0 spiro atoms. The fourth-order valence-corrected chi connectivity index (χ4v) is 5.81. The van der Waals surface area contributed by atoms with E-state index in [0.29, 0.717) is 6.42 Å². The Morgan fingerprint density at radius 1 is 1.27 bits per heavy atom. The Kier molecular flexibility index (Phi) is 7.24. The number of thiophene rings is 1. The first kappa shape index (κ1) is 22.8. The highest BCUT2D eigenvalue weighted by molar-refractivity contribution is 7.10. The molecule has 3 N–H and O–H groups in total. The molecule has 0 aliphatic heterocycles. The zero-order chi connectivity index (χ0) is 20.4. The number of benzene rings is 1. The first-order chi connectivity index (χ1) is 14.0. The van der Waals surface area contributed by atoms with Crippen LogP contribution >= 0.6 is 23.7 Å². The Labute approximate surface area is 187 Å². The molecule has 0 saturated heterocycles. The van der Waals surface area contributed by atoms with E-state index in [2.05, 4.69) is 46.8 Å². The lowest BCUT2D eigenvalue weighted by molar-refractivity contribution is -0.139. The van der Waals surface area contributed by atoms with Gasteiger partial charge in [0.1, 0.15) is 6.04 Å². The van der Waals surface area contributed by atoms with Crippen LogP contribution in [0.3, 0.4) is 0 Å². The minimum absolute atomic E-state index is 0. The van der Waals surface area contributed by atoms with Gasteiger partial charge >= 0.3 is 5.97 Å². The number of hydrogen-bond donors (Lipinski definition) is 3. The van der Waals surface area contributed by atoms with Crippen molar-refractivity contribution in [3.63, 3.8) is 0 Å². The molecule has 30 heavy (non-hydrogen) atoms. The molecule has 4 rings (SSSR count). The molecule has 1 aliphatic rings. The van der Waals surface area contributed by atoms with Crippen molar-refractivity contribution in [3.05, 3.63) is 58.4 Å². The Hall–Kier alpha value is -1.86. The lowest BCUT2D eigenvalue weighted by Crippen LogP contribution is -2.51. The van der Waals surface area contributed by atoms with E-state index in [-0.39, 0.29) is 24.0 Å². The summed E-state index contributed by atoms with van der Waals surface area (Å²) >= 11 is 1.82. The zero-order valence-electron chi connectivity index (χ0n) is 17.4. The van der Waals surface area contributed by atoms with Crippen LogP contribution in [-0.2, 0) is 16.8 Å². The van der Waals surface area contributed by atoms with Gasteiger partial charge in [-0.2, -0.15) is 0 Å². The van der Waals surface area contributed by atoms with Crippen LogP contribution in [0.4, 0.5) is 0 Å². The number of H-pyrrole nitrogens is 1. The number of halogens is 1.